The molecule has 0 unspecified atom stereocenters. The number of rotatable bonds is 3. The van der Waals surface area contributed by atoms with Crippen LogP contribution in [0.2, 0.25) is 0 Å². The second-order valence-corrected chi connectivity index (χ2v) is 5.33. The molecule has 1 aromatic carbocycles. The average molecular weight is 335 g/mol. The summed E-state index contributed by atoms with van der Waals surface area (Å²) >= 11 is 0. The zero-order valence-corrected chi connectivity index (χ0v) is 14.0. The second kappa shape index (κ2) is 6.54. The molecule has 22 heavy (non-hydrogen) atoms. The van der Waals surface area contributed by atoms with Crippen molar-refractivity contribution in [3.8, 4) is 11.3 Å². The van der Waals surface area contributed by atoms with Crippen molar-refractivity contribution in [3.05, 3.63) is 44.7 Å². The summed E-state index contributed by atoms with van der Waals surface area (Å²) in [5.41, 5.74) is 2.94. The Kier molecular flexibility index (Phi) is 5.43. The van der Waals surface area contributed by atoms with Crippen LogP contribution in [-0.2, 0) is 10.1 Å². The van der Waals surface area contributed by atoms with E-state index >= 15 is 0 Å². The Morgan fingerprint density at radius 2 is 2.00 bits per heavy atom. The molecule has 0 radical (unpaired) electrons. The molecule has 0 spiro atoms. The van der Waals surface area contributed by atoms with E-state index in [0.29, 0.717) is 0 Å². The Morgan fingerprint density at radius 3 is 2.55 bits per heavy atom. The minimum absolute atomic E-state index is 0. The van der Waals surface area contributed by atoms with E-state index in [2.05, 4.69) is 4.98 Å². The van der Waals surface area contributed by atoms with E-state index in [-0.39, 0.29) is 41.1 Å². The van der Waals surface area contributed by atoms with Gasteiger partial charge < -0.3 is 5.73 Å². The molecule has 110 valence electrons. The predicted molar refractivity (Wildman–Crippen MR) is 71.2 cm³/mol. The Morgan fingerprint density at radius 1 is 1.36 bits per heavy atom. The third-order valence-corrected chi connectivity index (χ3v) is 3.35. The van der Waals surface area contributed by atoms with E-state index in [4.69, 9.17) is 10.3 Å². The SMILES string of the molecule is Nc1nc(-c2cccc(S(=O)(=O)O)c2)c([N+](=O)[O-])c(=O)[nH]1.[Na+]. The number of aromatic nitrogens is 2. The van der Waals surface area contributed by atoms with E-state index in [1.807, 2.05) is 4.98 Å². The maximum absolute atomic E-state index is 11.6. The Labute approximate surface area is 145 Å². The molecule has 1 aromatic heterocycles. The predicted octanol–water partition coefficient (Wildman–Crippen LogP) is -2.82. The molecule has 2 aromatic rings. The third-order valence-electron chi connectivity index (χ3n) is 2.50. The van der Waals surface area contributed by atoms with Gasteiger partial charge in [0.05, 0.1) is 9.82 Å². The second-order valence-electron chi connectivity index (χ2n) is 3.91. The van der Waals surface area contributed by atoms with Gasteiger partial charge >= 0.3 is 40.8 Å². The van der Waals surface area contributed by atoms with Gasteiger partial charge in [0.15, 0.2) is 5.69 Å². The van der Waals surface area contributed by atoms with Gasteiger partial charge in [0.2, 0.25) is 5.95 Å². The van der Waals surface area contributed by atoms with Crippen LogP contribution in [0.4, 0.5) is 11.6 Å². The number of benzene rings is 1. The Hall–Kier alpha value is -1.79. The van der Waals surface area contributed by atoms with Gasteiger partial charge in [-0.15, -0.1) is 0 Å². The summed E-state index contributed by atoms with van der Waals surface area (Å²) in [6.07, 6.45) is 0. The van der Waals surface area contributed by atoms with Gasteiger partial charge in [-0.3, -0.25) is 24.4 Å². The molecule has 2 rings (SSSR count). The van der Waals surface area contributed by atoms with Crippen molar-refractivity contribution < 1.29 is 47.5 Å². The topological polar surface area (TPSA) is 169 Å². The van der Waals surface area contributed by atoms with Gasteiger partial charge in [-0.05, 0) is 12.1 Å². The molecule has 0 saturated heterocycles. The standard InChI is InChI=1S/C10H8N4O6S.Na/c11-10-12-7(8(14(16)17)9(15)13-10)5-2-1-3-6(4-5)21(18,19)20;/h1-4H,(H,18,19,20)(H3,11,12,13,15);/q;+1. The first-order valence-electron chi connectivity index (χ1n) is 5.32. The number of nitro groups is 1. The van der Waals surface area contributed by atoms with E-state index < -0.39 is 36.9 Å². The number of anilines is 1. The fourth-order valence-corrected chi connectivity index (χ4v) is 2.19. The molecular formula is C10H8N4NaO6S+. The van der Waals surface area contributed by atoms with Crippen molar-refractivity contribution in [1.82, 2.24) is 9.97 Å². The molecule has 0 aliphatic carbocycles. The number of hydrogen-bond donors (Lipinski definition) is 3. The first-order chi connectivity index (χ1) is 9.70. The molecule has 0 aliphatic rings. The van der Waals surface area contributed by atoms with Crippen LogP contribution in [-0.4, -0.2) is 27.9 Å². The minimum Gasteiger partial charge on any atom is -0.369 e. The molecule has 0 amide bonds. The Bertz CT molecular complexity index is 895. The van der Waals surface area contributed by atoms with Crippen LogP contribution >= 0.6 is 0 Å². The summed E-state index contributed by atoms with van der Waals surface area (Å²) in [5.74, 6) is -0.363. The van der Waals surface area contributed by atoms with Crippen LogP contribution in [0.3, 0.4) is 0 Å². The maximum atomic E-state index is 11.6. The quantitative estimate of drug-likeness (QED) is 0.233. The summed E-state index contributed by atoms with van der Waals surface area (Å²) in [4.78, 5) is 26.7. The van der Waals surface area contributed by atoms with Crippen LogP contribution in [0, 0.1) is 10.1 Å². The number of H-pyrrole nitrogens is 1. The number of hydrogen-bond acceptors (Lipinski definition) is 7. The maximum Gasteiger partial charge on any atom is 1.00 e. The number of nitrogen functional groups attached to an aromatic ring is 1. The van der Waals surface area contributed by atoms with Gasteiger partial charge in [-0.1, -0.05) is 12.1 Å². The molecular weight excluding hydrogens is 327 g/mol. The minimum atomic E-state index is -4.50. The fourth-order valence-electron chi connectivity index (χ4n) is 1.66. The van der Waals surface area contributed by atoms with Crippen LogP contribution in [0.15, 0.2) is 34.0 Å². The van der Waals surface area contributed by atoms with Gasteiger partial charge in [0.25, 0.3) is 10.1 Å². The summed E-state index contributed by atoms with van der Waals surface area (Å²) < 4.78 is 31.1. The molecule has 10 nitrogen and oxygen atoms in total. The van der Waals surface area contributed by atoms with Crippen LogP contribution < -0.4 is 40.9 Å². The van der Waals surface area contributed by atoms with Crippen LogP contribution in [0.25, 0.3) is 11.3 Å². The molecule has 4 N–H and O–H groups in total. The van der Waals surface area contributed by atoms with Crippen molar-refractivity contribution in [1.29, 1.82) is 0 Å². The molecule has 0 bridgehead atoms. The van der Waals surface area contributed by atoms with Gasteiger partial charge in [0, 0.05) is 5.56 Å². The molecule has 0 atom stereocenters. The first-order valence-corrected chi connectivity index (χ1v) is 6.76. The zero-order chi connectivity index (χ0) is 15.8. The largest absolute Gasteiger partial charge is 1.00 e. The van der Waals surface area contributed by atoms with Gasteiger partial charge in [-0.2, -0.15) is 8.42 Å². The van der Waals surface area contributed by atoms with Crippen molar-refractivity contribution in [2.75, 3.05) is 5.73 Å². The molecule has 0 saturated carbocycles. The van der Waals surface area contributed by atoms with Crippen LogP contribution in [0.5, 0.6) is 0 Å². The average Bonchev–Trinajstić information content (AvgIpc) is 2.36. The Balaban J connectivity index is 0.00000242. The number of nitrogens with zero attached hydrogens (tertiary/aromatic N) is 2. The van der Waals surface area contributed by atoms with E-state index in [1.165, 1.54) is 12.1 Å². The normalized spacial score (nSPS) is 10.8. The van der Waals surface area contributed by atoms with E-state index in [1.54, 1.807) is 0 Å². The number of nitrogens with two attached hydrogens (primary N) is 1. The zero-order valence-electron chi connectivity index (χ0n) is 11.2. The van der Waals surface area contributed by atoms with Crippen molar-refractivity contribution in [3.63, 3.8) is 0 Å². The van der Waals surface area contributed by atoms with Crippen molar-refractivity contribution in [2.24, 2.45) is 0 Å². The van der Waals surface area contributed by atoms with Gasteiger partial charge in [-0.25, -0.2) is 4.98 Å². The molecule has 1 heterocycles. The summed E-state index contributed by atoms with van der Waals surface area (Å²) in [6.45, 7) is 0. The van der Waals surface area contributed by atoms with Crippen molar-refractivity contribution in [2.45, 2.75) is 4.90 Å². The van der Waals surface area contributed by atoms with E-state index in [0.717, 1.165) is 12.1 Å². The van der Waals surface area contributed by atoms with Crippen molar-refractivity contribution >= 4 is 21.8 Å². The first kappa shape index (κ1) is 18.3. The monoisotopic (exact) mass is 335 g/mol. The smallest absolute Gasteiger partial charge is 0.369 e. The molecule has 12 heteroatoms. The molecule has 0 aliphatic heterocycles. The van der Waals surface area contributed by atoms with Gasteiger partial charge in [0.1, 0.15) is 0 Å². The number of nitrogens with one attached hydrogen (secondary N) is 1. The van der Waals surface area contributed by atoms with E-state index in [9.17, 15) is 23.3 Å². The third kappa shape index (κ3) is 3.69. The summed E-state index contributed by atoms with van der Waals surface area (Å²) in [6, 6.07) is 4.56. The molecule has 0 fully saturated rings. The number of aromatic amines is 1. The summed E-state index contributed by atoms with van der Waals surface area (Å²) in [7, 11) is -4.50. The summed E-state index contributed by atoms with van der Waals surface area (Å²) in [5, 5.41) is 10.9. The fraction of sp³-hybridized carbons (Fsp3) is 0. The van der Waals surface area contributed by atoms with Crippen LogP contribution in [0.1, 0.15) is 0 Å².